The van der Waals surface area contributed by atoms with Crippen molar-refractivity contribution in [2.75, 3.05) is 0 Å². The van der Waals surface area contributed by atoms with Gasteiger partial charge in [0.1, 0.15) is 0 Å². The van der Waals surface area contributed by atoms with E-state index in [9.17, 15) is 19.8 Å². The molecule has 1 atom stereocenters. The fraction of sp³-hybridized carbons (Fsp3) is 0.600. The van der Waals surface area contributed by atoms with Crippen LogP contribution in [0.5, 0.6) is 0 Å². The molecule has 66 valence electrons. The van der Waals surface area contributed by atoms with Crippen LogP contribution in [-0.2, 0) is 9.59 Å². The van der Waals surface area contributed by atoms with Crippen molar-refractivity contribution < 1.29 is 84.4 Å². The van der Waals surface area contributed by atoms with Gasteiger partial charge in [0.2, 0.25) is 0 Å². The molecule has 0 spiro atoms. The Labute approximate surface area is 120 Å². The van der Waals surface area contributed by atoms with Crippen LogP contribution in [0.1, 0.15) is 12.8 Å². The number of carbonyl (C=O) groups is 2. The Balaban J connectivity index is -0.000000135. The number of nitrogens with two attached hydrogens (primary N) is 1. The molecule has 0 radical (unpaired) electrons. The quantitative estimate of drug-likeness (QED) is 0.458. The molecule has 4 N–H and O–H groups in total. The summed E-state index contributed by atoms with van der Waals surface area (Å²) in [6.07, 6.45) is -0.500. The number of hydrogen-bond donors (Lipinski definition) is 1. The van der Waals surface area contributed by atoms with E-state index in [4.69, 9.17) is 5.73 Å². The fourth-order valence-corrected chi connectivity index (χ4v) is 0.391. The molecule has 0 aliphatic rings. The number of hydrogen-bond acceptors (Lipinski definition) is 5. The fourth-order valence-electron chi connectivity index (χ4n) is 0.391. The van der Waals surface area contributed by atoms with Gasteiger partial charge in [-0.15, -0.1) is 0 Å². The number of rotatable bonds is 4. The third kappa shape index (κ3) is 15.6. The standard InChI is InChI=1S/C5H9NO4.2Na.H2O/c6-3(5(9)10)1-2-4(7)8;;;/h3H,1-2,6H2,(H,7,8)(H,9,10);;;1H2/q;2*+1;/p-2/t3-;;;/m0.../s1. The van der Waals surface area contributed by atoms with Crippen molar-refractivity contribution in [3.05, 3.63) is 0 Å². The zero-order valence-electron chi connectivity index (χ0n) is 7.70. The average Bonchev–Trinajstić information content (AvgIpc) is 1.82. The van der Waals surface area contributed by atoms with Crippen molar-refractivity contribution in [1.82, 2.24) is 0 Å². The molecule has 0 aliphatic carbocycles. The molecule has 0 aromatic carbocycles. The van der Waals surface area contributed by atoms with Crippen LogP contribution in [0, 0.1) is 0 Å². The predicted octanol–water partition coefficient (Wildman–Crippen LogP) is -10.2. The second-order valence-electron chi connectivity index (χ2n) is 1.84. The molecule has 0 aromatic heterocycles. The molecular weight excluding hydrogens is 200 g/mol. The van der Waals surface area contributed by atoms with Crippen LogP contribution in [0.3, 0.4) is 0 Å². The number of aliphatic carboxylic acids is 2. The largest absolute Gasteiger partial charge is 1.00 e. The smallest absolute Gasteiger partial charge is 0.550 e. The summed E-state index contributed by atoms with van der Waals surface area (Å²) in [5.74, 6) is -2.75. The number of carboxylic acid groups (broad SMARTS) is 2. The van der Waals surface area contributed by atoms with E-state index in [-0.39, 0.29) is 77.4 Å². The summed E-state index contributed by atoms with van der Waals surface area (Å²) in [6.45, 7) is 0. The zero-order chi connectivity index (χ0) is 8.15. The Hall–Kier alpha value is 0.860. The van der Waals surface area contributed by atoms with Crippen LogP contribution in [0.2, 0.25) is 0 Å². The van der Waals surface area contributed by atoms with Gasteiger partial charge < -0.3 is 31.0 Å². The van der Waals surface area contributed by atoms with E-state index in [0.29, 0.717) is 0 Å². The van der Waals surface area contributed by atoms with Crippen LogP contribution < -0.4 is 75.1 Å². The molecule has 6 nitrogen and oxygen atoms in total. The second-order valence-corrected chi connectivity index (χ2v) is 1.84. The second kappa shape index (κ2) is 12.9. The summed E-state index contributed by atoms with van der Waals surface area (Å²) in [4.78, 5) is 19.6. The van der Waals surface area contributed by atoms with Crippen LogP contribution >= 0.6 is 0 Å². The SMILES string of the molecule is N[C@@H](CCC(=O)[O-])C(=O)[O-].O.[Na+].[Na+]. The predicted molar refractivity (Wildman–Crippen MR) is 30.8 cm³/mol. The van der Waals surface area contributed by atoms with E-state index < -0.39 is 18.0 Å². The molecule has 0 aromatic rings. The first-order valence-corrected chi connectivity index (χ1v) is 2.70. The Bertz CT molecular complexity index is 154. The van der Waals surface area contributed by atoms with E-state index in [2.05, 4.69) is 0 Å². The van der Waals surface area contributed by atoms with Gasteiger partial charge in [0.25, 0.3) is 0 Å². The van der Waals surface area contributed by atoms with Gasteiger partial charge >= 0.3 is 59.1 Å². The maximum absolute atomic E-state index is 9.86. The molecule has 0 amide bonds. The first kappa shape index (κ1) is 23.6. The minimum Gasteiger partial charge on any atom is -0.550 e. The molecule has 8 heteroatoms. The summed E-state index contributed by atoms with van der Waals surface area (Å²) < 4.78 is 0. The van der Waals surface area contributed by atoms with Crippen LogP contribution in [0.4, 0.5) is 0 Å². The van der Waals surface area contributed by atoms with Crippen molar-refractivity contribution in [1.29, 1.82) is 0 Å². The van der Waals surface area contributed by atoms with Gasteiger partial charge in [0, 0.05) is 12.0 Å². The van der Waals surface area contributed by atoms with Crippen LogP contribution in [0.25, 0.3) is 0 Å². The van der Waals surface area contributed by atoms with Gasteiger partial charge in [-0.1, -0.05) is 0 Å². The minimum absolute atomic E-state index is 0. The third-order valence-electron chi connectivity index (χ3n) is 0.962. The maximum Gasteiger partial charge on any atom is 1.00 e. The molecule has 0 aliphatic heterocycles. The molecule has 0 fully saturated rings. The monoisotopic (exact) mass is 209 g/mol. The van der Waals surface area contributed by atoms with Gasteiger partial charge in [0.15, 0.2) is 0 Å². The van der Waals surface area contributed by atoms with Crippen molar-refractivity contribution in [3.8, 4) is 0 Å². The van der Waals surface area contributed by atoms with Gasteiger partial charge in [0.05, 0.1) is 5.97 Å². The normalized spacial score (nSPS) is 9.62. The van der Waals surface area contributed by atoms with Crippen molar-refractivity contribution >= 4 is 11.9 Å². The Morgan fingerprint density at radius 2 is 1.62 bits per heavy atom. The first-order valence-electron chi connectivity index (χ1n) is 2.70. The van der Waals surface area contributed by atoms with E-state index in [0.717, 1.165) is 0 Å². The number of carboxylic acids is 2. The van der Waals surface area contributed by atoms with Crippen molar-refractivity contribution in [3.63, 3.8) is 0 Å². The molecule has 0 unspecified atom stereocenters. The number of carbonyl (C=O) groups excluding carboxylic acids is 2. The minimum atomic E-state index is -1.44. The summed E-state index contributed by atoms with van der Waals surface area (Å²) in [5.41, 5.74) is 4.91. The first-order chi connectivity index (χ1) is 4.54. The molecule has 0 heterocycles. The Morgan fingerprint density at radius 1 is 1.23 bits per heavy atom. The summed E-state index contributed by atoms with van der Waals surface area (Å²) in [5, 5.41) is 19.6. The molecule has 0 saturated carbocycles. The molecule has 0 bridgehead atoms. The zero-order valence-corrected chi connectivity index (χ0v) is 11.7. The van der Waals surface area contributed by atoms with Gasteiger partial charge in [-0.05, 0) is 12.8 Å². The van der Waals surface area contributed by atoms with Gasteiger partial charge in [-0.25, -0.2) is 0 Å². The molecular formula is C5H9NNa2O5. The van der Waals surface area contributed by atoms with Crippen molar-refractivity contribution in [2.45, 2.75) is 18.9 Å². The van der Waals surface area contributed by atoms with Crippen molar-refractivity contribution in [2.24, 2.45) is 5.73 Å². The van der Waals surface area contributed by atoms with Gasteiger partial charge in [-0.2, -0.15) is 0 Å². The topological polar surface area (TPSA) is 138 Å². The van der Waals surface area contributed by atoms with E-state index in [1.807, 2.05) is 0 Å². The Kier molecular flexibility index (Phi) is 23.3. The molecule has 0 rings (SSSR count). The maximum atomic E-state index is 9.86. The van der Waals surface area contributed by atoms with Gasteiger partial charge in [-0.3, -0.25) is 0 Å². The third-order valence-corrected chi connectivity index (χ3v) is 0.962. The summed E-state index contributed by atoms with van der Waals surface area (Å²) >= 11 is 0. The summed E-state index contributed by atoms with van der Waals surface area (Å²) in [6, 6.07) is -1.21. The van der Waals surface area contributed by atoms with E-state index >= 15 is 0 Å². The molecule has 0 saturated heterocycles. The van der Waals surface area contributed by atoms with E-state index in [1.54, 1.807) is 0 Å². The van der Waals surface area contributed by atoms with Crippen LogP contribution in [0.15, 0.2) is 0 Å². The van der Waals surface area contributed by atoms with E-state index in [1.165, 1.54) is 0 Å². The summed E-state index contributed by atoms with van der Waals surface area (Å²) in [7, 11) is 0. The Morgan fingerprint density at radius 3 is 1.85 bits per heavy atom. The molecule has 13 heavy (non-hydrogen) atoms. The van der Waals surface area contributed by atoms with Crippen LogP contribution in [-0.4, -0.2) is 23.5 Å². The average molecular weight is 209 g/mol.